The SMILES string of the molecule is Cc1cccc(CNC(=O)c2n[nH]c3ccc(C(F)(F)F)cc23)n1. The molecule has 0 aliphatic heterocycles. The second kappa shape index (κ2) is 5.95. The first-order valence-electron chi connectivity index (χ1n) is 7.10. The molecule has 0 spiro atoms. The number of aryl methyl sites for hydroxylation is 1. The van der Waals surface area contributed by atoms with Gasteiger partial charge >= 0.3 is 6.18 Å². The highest BCUT2D eigenvalue weighted by atomic mass is 19.4. The van der Waals surface area contributed by atoms with Gasteiger partial charge in [-0.15, -0.1) is 0 Å². The molecular weight excluding hydrogens is 321 g/mol. The van der Waals surface area contributed by atoms with Crippen molar-refractivity contribution in [3.05, 3.63) is 59.0 Å². The lowest BCUT2D eigenvalue weighted by Crippen LogP contribution is -2.24. The predicted octanol–water partition coefficient (Wildman–Crippen LogP) is 3.22. The Bertz CT molecular complexity index is 902. The van der Waals surface area contributed by atoms with E-state index in [2.05, 4.69) is 20.5 Å². The summed E-state index contributed by atoms with van der Waals surface area (Å²) in [6.45, 7) is 1.99. The third kappa shape index (κ3) is 3.22. The zero-order chi connectivity index (χ0) is 17.3. The number of aromatic amines is 1. The molecule has 2 heterocycles. The van der Waals surface area contributed by atoms with E-state index < -0.39 is 17.6 Å². The van der Waals surface area contributed by atoms with E-state index in [-0.39, 0.29) is 17.6 Å². The molecule has 0 saturated heterocycles. The average molecular weight is 334 g/mol. The molecule has 1 amide bonds. The number of halogens is 3. The molecule has 0 fully saturated rings. The van der Waals surface area contributed by atoms with Crippen molar-refractivity contribution in [3.63, 3.8) is 0 Å². The Labute approximate surface area is 134 Å². The molecule has 1 aromatic carbocycles. The Kier molecular flexibility index (Phi) is 3.96. The van der Waals surface area contributed by atoms with Gasteiger partial charge in [-0.25, -0.2) is 0 Å². The zero-order valence-electron chi connectivity index (χ0n) is 12.6. The minimum atomic E-state index is -4.48. The smallest absolute Gasteiger partial charge is 0.345 e. The van der Waals surface area contributed by atoms with Crippen LogP contribution in [0.15, 0.2) is 36.4 Å². The van der Waals surface area contributed by atoms with E-state index in [4.69, 9.17) is 0 Å². The second-order valence-electron chi connectivity index (χ2n) is 5.28. The van der Waals surface area contributed by atoms with Gasteiger partial charge in [0, 0.05) is 11.1 Å². The van der Waals surface area contributed by atoms with Crippen LogP contribution in [0.4, 0.5) is 13.2 Å². The van der Waals surface area contributed by atoms with Crippen molar-refractivity contribution in [2.45, 2.75) is 19.6 Å². The Morgan fingerprint density at radius 2 is 2.04 bits per heavy atom. The lowest BCUT2D eigenvalue weighted by Gasteiger charge is -2.07. The minimum absolute atomic E-state index is 0.0799. The highest BCUT2D eigenvalue weighted by Gasteiger charge is 2.31. The van der Waals surface area contributed by atoms with Crippen LogP contribution >= 0.6 is 0 Å². The van der Waals surface area contributed by atoms with Gasteiger partial charge in [0.05, 0.1) is 23.3 Å². The van der Waals surface area contributed by atoms with E-state index >= 15 is 0 Å². The number of benzene rings is 1. The first kappa shape index (κ1) is 16.0. The van der Waals surface area contributed by atoms with Crippen molar-refractivity contribution in [3.8, 4) is 0 Å². The molecule has 0 radical (unpaired) electrons. The summed E-state index contributed by atoms with van der Waals surface area (Å²) in [4.78, 5) is 16.5. The highest BCUT2D eigenvalue weighted by molar-refractivity contribution is 6.04. The molecule has 0 unspecified atom stereocenters. The summed E-state index contributed by atoms with van der Waals surface area (Å²) in [6.07, 6.45) is -4.48. The molecule has 0 aliphatic carbocycles. The van der Waals surface area contributed by atoms with Crippen LogP contribution in [0.5, 0.6) is 0 Å². The first-order valence-corrected chi connectivity index (χ1v) is 7.10. The van der Waals surface area contributed by atoms with Crippen molar-refractivity contribution >= 4 is 16.8 Å². The van der Waals surface area contributed by atoms with Crippen molar-refractivity contribution in [1.29, 1.82) is 0 Å². The fraction of sp³-hybridized carbons (Fsp3) is 0.188. The van der Waals surface area contributed by atoms with Gasteiger partial charge in [-0.1, -0.05) is 6.07 Å². The maximum atomic E-state index is 12.8. The third-order valence-corrected chi connectivity index (χ3v) is 3.48. The molecule has 24 heavy (non-hydrogen) atoms. The first-order chi connectivity index (χ1) is 11.3. The lowest BCUT2D eigenvalue weighted by atomic mass is 10.1. The number of fused-ring (bicyclic) bond motifs is 1. The van der Waals surface area contributed by atoms with Gasteiger partial charge in [0.25, 0.3) is 5.91 Å². The molecule has 3 aromatic rings. The summed E-state index contributed by atoms with van der Waals surface area (Å²) >= 11 is 0. The van der Waals surface area contributed by atoms with Gasteiger partial charge in [0.15, 0.2) is 5.69 Å². The van der Waals surface area contributed by atoms with Gasteiger partial charge < -0.3 is 5.32 Å². The number of pyridine rings is 1. The number of hydrogen-bond acceptors (Lipinski definition) is 3. The number of alkyl halides is 3. The Hall–Kier alpha value is -2.90. The Morgan fingerprint density at radius 3 is 2.75 bits per heavy atom. The number of hydrogen-bond donors (Lipinski definition) is 2. The largest absolute Gasteiger partial charge is 0.416 e. The summed E-state index contributed by atoms with van der Waals surface area (Å²) in [5, 5.41) is 9.12. The van der Waals surface area contributed by atoms with Crippen LogP contribution in [-0.4, -0.2) is 21.1 Å². The van der Waals surface area contributed by atoms with Gasteiger partial charge in [-0.2, -0.15) is 18.3 Å². The predicted molar refractivity (Wildman–Crippen MR) is 81.2 cm³/mol. The molecule has 2 aromatic heterocycles. The quantitative estimate of drug-likeness (QED) is 0.773. The van der Waals surface area contributed by atoms with Gasteiger partial charge in [-0.05, 0) is 37.3 Å². The van der Waals surface area contributed by atoms with Gasteiger partial charge in [0.1, 0.15) is 0 Å². The number of amides is 1. The molecular formula is C16H13F3N4O. The molecule has 0 aliphatic rings. The van der Waals surface area contributed by atoms with Crippen LogP contribution in [0.2, 0.25) is 0 Å². The average Bonchev–Trinajstić information content (AvgIpc) is 2.95. The monoisotopic (exact) mass is 334 g/mol. The molecule has 124 valence electrons. The van der Waals surface area contributed by atoms with Crippen LogP contribution in [0.25, 0.3) is 10.9 Å². The number of nitrogens with zero attached hydrogens (tertiary/aromatic N) is 2. The van der Waals surface area contributed by atoms with Crippen LogP contribution in [0, 0.1) is 6.92 Å². The Balaban J connectivity index is 1.84. The van der Waals surface area contributed by atoms with Crippen molar-refractivity contribution < 1.29 is 18.0 Å². The summed E-state index contributed by atoms with van der Waals surface area (Å²) < 4.78 is 38.5. The zero-order valence-corrected chi connectivity index (χ0v) is 12.6. The molecule has 0 saturated carbocycles. The fourth-order valence-corrected chi connectivity index (χ4v) is 2.32. The van der Waals surface area contributed by atoms with Gasteiger partial charge in [-0.3, -0.25) is 14.9 Å². The van der Waals surface area contributed by atoms with Crippen molar-refractivity contribution in [1.82, 2.24) is 20.5 Å². The molecule has 2 N–H and O–H groups in total. The molecule has 0 bridgehead atoms. The Morgan fingerprint density at radius 1 is 1.25 bits per heavy atom. The van der Waals surface area contributed by atoms with Crippen LogP contribution in [-0.2, 0) is 12.7 Å². The van der Waals surface area contributed by atoms with Crippen molar-refractivity contribution in [2.24, 2.45) is 0 Å². The van der Waals surface area contributed by atoms with E-state index in [9.17, 15) is 18.0 Å². The van der Waals surface area contributed by atoms with E-state index in [0.717, 1.165) is 17.8 Å². The van der Waals surface area contributed by atoms with E-state index in [1.807, 2.05) is 19.1 Å². The number of rotatable bonds is 3. The molecule has 8 heteroatoms. The number of H-pyrrole nitrogens is 1. The maximum absolute atomic E-state index is 12.8. The van der Waals surface area contributed by atoms with Crippen LogP contribution < -0.4 is 5.32 Å². The number of nitrogens with one attached hydrogen (secondary N) is 2. The third-order valence-electron chi connectivity index (χ3n) is 3.48. The van der Waals surface area contributed by atoms with Crippen LogP contribution in [0.3, 0.4) is 0 Å². The number of carbonyl (C=O) groups is 1. The molecule has 0 atom stereocenters. The normalized spacial score (nSPS) is 11.7. The highest BCUT2D eigenvalue weighted by Crippen LogP contribution is 2.31. The number of aromatic nitrogens is 3. The minimum Gasteiger partial charge on any atom is -0.345 e. The number of carbonyl (C=O) groups excluding carboxylic acids is 1. The lowest BCUT2D eigenvalue weighted by molar-refractivity contribution is -0.137. The van der Waals surface area contributed by atoms with Crippen LogP contribution in [0.1, 0.15) is 27.4 Å². The summed E-state index contributed by atoms with van der Waals surface area (Å²) in [6, 6.07) is 8.49. The molecule has 5 nitrogen and oxygen atoms in total. The second-order valence-corrected chi connectivity index (χ2v) is 5.28. The van der Waals surface area contributed by atoms with E-state index in [1.165, 1.54) is 6.07 Å². The van der Waals surface area contributed by atoms with Gasteiger partial charge in [0.2, 0.25) is 0 Å². The maximum Gasteiger partial charge on any atom is 0.416 e. The van der Waals surface area contributed by atoms with Crippen molar-refractivity contribution in [2.75, 3.05) is 0 Å². The topological polar surface area (TPSA) is 70.7 Å². The summed E-state index contributed by atoms with van der Waals surface area (Å²) in [5.74, 6) is -0.566. The standard InChI is InChI=1S/C16H13F3N4O/c1-9-3-2-4-11(21-9)8-20-15(24)14-12-7-10(16(17,18)19)5-6-13(12)22-23-14/h2-7H,8H2,1H3,(H,20,24)(H,22,23). The molecule has 3 rings (SSSR count). The van der Waals surface area contributed by atoms with E-state index in [0.29, 0.717) is 11.2 Å². The summed E-state index contributed by atoms with van der Waals surface area (Å²) in [5.41, 5.74) is 0.914. The van der Waals surface area contributed by atoms with E-state index in [1.54, 1.807) is 6.07 Å². The summed E-state index contributed by atoms with van der Waals surface area (Å²) in [7, 11) is 0. The fourth-order valence-electron chi connectivity index (χ4n) is 2.32.